The van der Waals surface area contributed by atoms with Crippen LogP contribution in [0.25, 0.3) is 0 Å². The molecule has 0 bridgehead atoms. The van der Waals surface area contributed by atoms with E-state index in [1.54, 1.807) is 7.11 Å². The summed E-state index contributed by atoms with van der Waals surface area (Å²) >= 11 is 0. The van der Waals surface area contributed by atoms with Gasteiger partial charge in [0.05, 0.1) is 6.61 Å². The van der Waals surface area contributed by atoms with E-state index in [2.05, 4.69) is 12.2 Å². The lowest BCUT2D eigenvalue weighted by Gasteiger charge is -2.62. The minimum Gasteiger partial charge on any atom is -0.384 e. The van der Waals surface area contributed by atoms with Crippen LogP contribution in [-0.2, 0) is 9.53 Å². The molecule has 0 radical (unpaired) electrons. The molecule has 0 aliphatic heterocycles. The molecule has 5 aliphatic rings. The van der Waals surface area contributed by atoms with Gasteiger partial charge in [-0.3, -0.25) is 4.79 Å². The van der Waals surface area contributed by atoms with Crippen LogP contribution in [0, 0.1) is 40.4 Å². The molecule has 7 heteroatoms. The van der Waals surface area contributed by atoms with Crippen molar-refractivity contribution in [3.05, 3.63) is 0 Å². The summed E-state index contributed by atoms with van der Waals surface area (Å²) in [6.45, 7) is 2.80. The number of halogens is 3. The number of carbonyl (C=O) groups is 1. The zero-order valence-corrected chi connectivity index (χ0v) is 21.5. The van der Waals surface area contributed by atoms with Crippen LogP contribution in [-0.4, -0.2) is 42.5 Å². The maximum Gasteiger partial charge on any atom is 0.417 e. The summed E-state index contributed by atoms with van der Waals surface area (Å²) < 4.78 is 46.9. The normalized spacial score (nSPS) is 46.4. The van der Waals surface area contributed by atoms with Crippen molar-refractivity contribution in [1.29, 1.82) is 0 Å². The van der Waals surface area contributed by atoms with Crippen molar-refractivity contribution in [3.63, 3.8) is 0 Å². The number of nitrogens with one attached hydrogen (secondary N) is 1. The SMILES string of the molecule is COC[C@]12CC[C@](O)(C(F)(F)F)C[C@H]1CC[C@H]1[C@@H]3CC[C@H](C(=O)NC4CCCCC4)[C@@]3(C)CC[C@@H]12. The molecular weight excluding hydrogens is 455 g/mol. The average Bonchev–Trinajstić information content (AvgIpc) is 3.17. The van der Waals surface area contributed by atoms with Crippen molar-refractivity contribution in [2.75, 3.05) is 13.7 Å². The van der Waals surface area contributed by atoms with Gasteiger partial charge in [-0.15, -0.1) is 0 Å². The summed E-state index contributed by atoms with van der Waals surface area (Å²) in [5, 5.41) is 13.9. The molecule has 4 nitrogen and oxygen atoms in total. The highest BCUT2D eigenvalue weighted by molar-refractivity contribution is 5.80. The van der Waals surface area contributed by atoms with Gasteiger partial charge in [0.1, 0.15) is 0 Å². The summed E-state index contributed by atoms with van der Waals surface area (Å²) in [4.78, 5) is 13.4. The lowest BCUT2D eigenvalue weighted by atomic mass is 9.43. The fourth-order valence-corrected chi connectivity index (χ4v) is 9.83. The number of fused-ring (bicyclic) bond motifs is 5. The van der Waals surface area contributed by atoms with Crippen LogP contribution in [0.5, 0.6) is 0 Å². The molecule has 0 aromatic heterocycles. The molecule has 1 amide bonds. The summed E-state index contributed by atoms with van der Waals surface area (Å²) in [6.07, 6.45) is 6.72. The highest BCUT2D eigenvalue weighted by Crippen LogP contribution is 2.68. The van der Waals surface area contributed by atoms with Gasteiger partial charge in [-0.1, -0.05) is 26.2 Å². The van der Waals surface area contributed by atoms with Gasteiger partial charge in [0, 0.05) is 19.1 Å². The molecule has 0 aromatic carbocycles. The van der Waals surface area contributed by atoms with Crippen LogP contribution in [0.4, 0.5) is 13.2 Å². The highest BCUT2D eigenvalue weighted by atomic mass is 19.4. The predicted molar refractivity (Wildman–Crippen MR) is 127 cm³/mol. The first-order valence-electron chi connectivity index (χ1n) is 14.1. The van der Waals surface area contributed by atoms with Crippen LogP contribution < -0.4 is 5.32 Å². The second kappa shape index (κ2) is 9.18. The first-order chi connectivity index (χ1) is 16.5. The zero-order valence-electron chi connectivity index (χ0n) is 21.5. The standard InChI is InChI=1S/C28H44F3NO3/c1-25-13-12-22-20(21(25)10-11-23(25)24(33)32-19-6-4-3-5-7-19)9-8-18-16-27(34,28(29,30)31)15-14-26(18,22)17-35-2/h18-23,34H,3-17H2,1-2H3,(H,32,33)/t18-,20+,21+,22+,23-,25+,26-,27-/m1/s1. The molecular formula is C28H44F3NO3. The van der Waals surface area contributed by atoms with Crippen molar-refractivity contribution in [1.82, 2.24) is 5.32 Å². The first-order valence-corrected chi connectivity index (χ1v) is 14.1. The minimum atomic E-state index is -4.58. The van der Waals surface area contributed by atoms with E-state index in [-0.39, 0.29) is 41.4 Å². The summed E-state index contributed by atoms with van der Waals surface area (Å²) in [5.41, 5.74) is -2.89. The second-order valence-corrected chi connectivity index (χ2v) is 13.1. The number of amides is 1. The van der Waals surface area contributed by atoms with Crippen LogP contribution in [0.15, 0.2) is 0 Å². The Balaban J connectivity index is 1.34. The van der Waals surface area contributed by atoms with Gasteiger partial charge in [0.2, 0.25) is 5.91 Å². The first kappa shape index (κ1) is 25.8. The second-order valence-electron chi connectivity index (χ2n) is 13.1. The van der Waals surface area contributed by atoms with E-state index in [1.807, 2.05) is 0 Å². The number of ether oxygens (including phenoxy) is 1. The Morgan fingerprint density at radius 2 is 1.71 bits per heavy atom. The van der Waals surface area contributed by atoms with Crippen LogP contribution in [0.1, 0.15) is 96.8 Å². The highest BCUT2D eigenvalue weighted by Gasteiger charge is 2.66. The van der Waals surface area contributed by atoms with E-state index in [9.17, 15) is 23.1 Å². The predicted octanol–water partition coefficient (Wildman–Crippen LogP) is 6.01. The summed E-state index contributed by atoms with van der Waals surface area (Å²) in [6, 6.07) is 0.324. The number of carbonyl (C=O) groups excluding carboxylic acids is 1. The molecule has 0 unspecified atom stereocenters. The molecule has 5 saturated carbocycles. The van der Waals surface area contributed by atoms with E-state index >= 15 is 0 Å². The number of hydrogen-bond acceptors (Lipinski definition) is 3. The molecule has 8 atom stereocenters. The van der Waals surface area contributed by atoms with E-state index in [4.69, 9.17) is 4.74 Å². The molecule has 2 N–H and O–H groups in total. The quantitative estimate of drug-likeness (QED) is 0.498. The van der Waals surface area contributed by atoms with Gasteiger partial charge in [-0.25, -0.2) is 0 Å². The van der Waals surface area contributed by atoms with Gasteiger partial charge < -0.3 is 15.2 Å². The van der Waals surface area contributed by atoms with Crippen molar-refractivity contribution >= 4 is 5.91 Å². The Hall–Kier alpha value is -0.820. The number of aliphatic hydroxyl groups is 1. The van der Waals surface area contributed by atoms with E-state index in [1.165, 1.54) is 19.3 Å². The van der Waals surface area contributed by atoms with Gasteiger partial charge >= 0.3 is 6.18 Å². The molecule has 35 heavy (non-hydrogen) atoms. The Labute approximate surface area is 208 Å². The van der Waals surface area contributed by atoms with Crippen LogP contribution in [0.2, 0.25) is 0 Å². The van der Waals surface area contributed by atoms with E-state index in [0.717, 1.165) is 44.9 Å². The zero-order chi connectivity index (χ0) is 25.1. The van der Waals surface area contributed by atoms with Gasteiger partial charge in [-0.2, -0.15) is 13.2 Å². The third-order valence-corrected chi connectivity index (χ3v) is 11.6. The molecule has 0 saturated heterocycles. The van der Waals surface area contributed by atoms with Gasteiger partial charge in [-0.05, 0) is 105 Å². The molecule has 5 rings (SSSR count). The number of alkyl halides is 3. The van der Waals surface area contributed by atoms with Crippen molar-refractivity contribution < 1.29 is 27.8 Å². The largest absolute Gasteiger partial charge is 0.417 e. The maximum atomic E-state index is 13.7. The van der Waals surface area contributed by atoms with Crippen LogP contribution in [0.3, 0.4) is 0 Å². The van der Waals surface area contributed by atoms with Crippen LogP contribution >= 0.6 is 0 Å². The number of methoxy groups -OCH3 is 1. The third-order valence-electron chi connectivity index (χ3n) is 11.6. The van der Waals surface area contributed by atoms with E-state index in [0.29, 0.717) is 43.2 Å². The van der Waals surface area contributed by atoms with Gasteiger partial charge in [0.15, 0.2) is 5.60 Å². The fourth-order valence-electron chi connectivity index (χ4n) is 9.83. The van der Waals surface area contributed by atoms with Crippen molar-refractivity contribution in [2.45, 2.75) is 115 Å². The molecule has 0 aromatic rings. The summed E-state index contributed by atoms with van der Waals surface area (Å²) in [5.74, 6) is 1.32. The maximum absolute atomic E-state index is 13.7. The Morgan fingerprint density at radius 3 is 2.40 bits per heavy atom. The molecule has 0 heterocycles. The Morgan fingerprint density at radius 1 is 0.971 bits per heavy atom. The van der Waals surface area contributed by atoms with Crippen molar-refractivity contribution in [3.8, 4) is 0 Å². The number of hydrogen-bond donors (Lipinski definition) is 2. The number of rotatable bonds is 4. The topological polar surface area (TPSA) is 58.6 Å². The van der Waals surface area contributed by atoms with E-state index < -0.39 is 11.8 Å². The third kappa shape index (κ3) is 4.15. The molecule has 5 aliphatic carbocycles. The Kier molecular flexibility index (Phi) is 6.77. The molecule has 0 spiro atoms. The summed E-state index contributed by atoms with van der Waals surface area (Å²) in [7, 11) is 1.66. The molecule has 5 fully saturated rings. The average molecular weight is 500 g/mol. The smallest absolute Gasteiger partial charge is 0.384 e. The monoisotopic (exact) mass is 499 g/mol. The fraction of sp³-hybridized carbons (Fsp3) is 0.964. The lowest BCUT2D eigenvalue weighted by molar-refractivity contribution is -0.294. The lowest BCUT2D eigenvalue weighted by Crippen LogP contribution is -2.61. The molecule has 200 valence electrons. The minimum absolute atomic E-state index is 0.0254. The van der Waals surface area contributed by atoms with Gasteiger partial charge in [0.25, 0.3) is 0 Å². The van der Waals surface area contributed by atoms with Crippen molar-refractivity contribution in [2.24, 2.45) is 40.4 Å². The Bertz CT molecular complexity index is 799.